The summed E-state index contributed by atoms with van der Waals surface area (Å²) in [5.74, 6) is -4.36. The molecule has 0 fully saturated rings. The van der Waals surface area contributed by atoms with Crippen molar-refractivity contribution >= 4 is 59.2 Å². The van der Waals surface area contributed by atoms with Crippen LogP contribution in [-0.2, 0) is 38.4 Å². The fraction of sp³-hybridized carbons (Fsp3) is 0.619. The number of hydrogen-bond acceptors (Lipinski definition) is 12. The lowest BCUT2D eigenvalue weighted by atomic mass is 10.0. The summed E-state index contributed by atoms with van der Waals surface area (Å²) in [4.78, 5) is 106. The number of carbonyl (C=O) groups is 8. The van der Waals surface area contributed by atoms with Gasteiger partial charge >= 0.3 is 0 Å². The molecule has 0 aromatic carbocycles. The van der Waals surface area contributed by atoms with Crippen molar-refractivity contribution in [2.24, 2.45) is 55.9 Å². The molecular weight excluding hydrogens is 857 g/mol. The maximum atomic E-state index is 13.1. The van der Waals surface area contributed by atoms with E-state index in [1.165, 1.54) is 13.8 Å². The minimum atomic E-state index is -0.954. The predicted octanol–water partition coefficient (Wildman–Crippen LogP) is -3.25. The highest BCUT2D eigenvalue weighted by atomic mass is 16.2. The van der Waals surface area contributed by atoms with E-state index >= 15 is 0 Å². The number of nitrogens with zero attached hydrogens (tertiary/aromatic N) is 2. The molecule has 0 spiro atoms. The molecule has 0 heterocycles. The molecular formula is C42H78N16O8. The van der Waals surface area contributed by atoms with Crippen LogP contribution >= 0.6 is 0 Å². The molecule has 0 aliphatic carbocycles. The van der Waals surface area contributed by atoms with Crippen LogP contribution in [0.2, 0.25) is 0 Å². The van der Waals surface area contributed by atoms with Crippen molar-refractivity contribution in [1.82, 2.24) is 31.9 Å². The largest absolute Gasteiger partial charge is 0.370 e. The van der Waals surface area contributed by atoms with Crippen molar-refractivity contribution in [3.8, 4) is 0 Å². The van der Waals surface area contributed by atoms with Gasteiger partial charge in [-0.3, -0.25) is 48.3 Å². The summed E-state index contributed by atoms with van der Waals surface area (Å²) in [6, 6.07) is -4.61. The van der Waals surface area contributed by atoms with Crippen LogP contribution in [0.15, 0.2) is 46.4 Å². The number of nitrogens with one attached hydrogen (secondary N) is 6. The Morgan fingerprint density at radius 2 is 0.727 bits per heavy atom. The summed E-state index contributed by atoms with van der Waals surface area (Å²) < 4.78 is 0. The zero-order chi connectivity index (χ0) is 50.8. The minimum Gasteiger partial charge on any atom is -0.370 e. The number of guanidine groups is 2. The minimum absolute atomic E-state index is 0.0667. The molecule has 0 radical (unpaired) electrons. The fourth-order valence-corrected chi connectivity index (χ4v) is 5.58. The average molecular weight is 935 g/mol. The van der Waals surface area contributed by atoms with Crippen molar-refractivity contribution in [3.63, 3.8) is 0 Å². The molecule has 5 unspecified atom stereocenters. The SMILES string of the molecule is C=C(C)C(=O)NC(CCCN=C(N)N)C(=O)NC(CCCN=C(N)N)C(N)=O.C=C(C)C(=O)NCCCCC(NC(=O)C(CCCCN)NC(=O)C(CCCCN)NC(=O)C(=C)C)C(N)=O. The van der Waals surface area contributed by atoms with Crippen LogP contribution in [0, 0.1) is 0 Å². The highest BCUT2D eigenvalue weighted by Crippen LogP contribution is 2.09. The van der Waals surface area contributed by atoms with Gasteiger partial charge in [-0.1, -0.05) is 19.7 Å². The Morgan fingerprint density at radius 3 is 1.06 bits per heavy atom. The van der Waals surface area contributed by atoms with Gasteiger partial charge in [-0.2, -0.15) is 0 Å². The van der Waals surface area contributed by atoms with Crippen LogP contribution in [0.25, 0.3) is 0 Å². The maximum Gasteiger partial charge on any atom is 0.246 e. The van der Waals surface area contributed by atoms with E-state index in [1.807, 2.05) is 0 Å². The summed E-state index contributed by atoms with van der Waals surface area (Å²) in [6.07, 6.45) is 5.82. The molecule has 0 aromatic rings. The predicted molar refractivity (Wildman–Crippen MR) is 255 cm³/mol. The highest BCUT2D eigenvalue weighted by molar-refractivity contribution is 5.98. The van der Waals surface area contributed by atoms with Crippen LogP contribution in [0.3, 0.4) is 0 Å². The number of rotatable bonds is 34. The first-order valence-corrected chi connectivity index (χ1v) is 21.9. The molecule has 0 bridgehead atoms. The molecule has 374 valence electrons. The van der Waals surface area contributed by atoms with E-state index in [-0.39, 0.29) is 67.7 Å². The molecule has 66 heavy (non-hydrogen) atoms. The van der Waals surface area contributed by atoms with Crippen molar-refractivity contribution < 1.29 is 38.4 Å². The van der Waals surface area contributed by atoms with Gasteiger partial charge in [0.15, 0.2) is 11.9 Å². The zero-order valence-electron chi connectivity index (χ0n) is 39.0. The molecule has 22 N–H and O–H groups in total. The summed E-state index contributed by atoms with van der Waals surface area (Å²) in [5, 5.41) is 15.8. The maximum absolute atomic E-state index is 13.1. The molecule has 0 aliphatic heterocycles. The second-order valence-electron chi connectivity index (χ2n) is 15.6. The Hall–Kier alpha value is -6.56. The van der Waals surface area contributed by atoms with E-state index in [1.54, 1.807) is 6.92 Å². The van der Waals surface area contributed by atoms with Crippen molar-refractivity contribution in [1.29, 1.82) is 0 Å². The summed E-state index contributed by atoms with van der Waals surface area (Å²) >= 11 is 0. The van der Waals surface area contributed by atoms with Gasteiger partial charge in [-0.15, -0.1) is 0 Å². The van der Waals surface area contributed by atoms with Gasteiger partial charge in [-0.05, 0) is 117 Å². The number of nitrogens with two attached hydrogens (primary N) is 8. The van der Waals surface area contributed by atoms with Gasteiger partial charge in [0.05, 0.1) is 0 Å². The number of primary amides is 2. The van der Waals surface area contributed by atoms with Crippen molar-refractivity contribution in [2.75, 3.05) is 32.7 Å². The lowest BCUT2D eigenvalue weighted by Gasteiger charge is -2.25. The first-order valence-electron chi connectivity index (χ1n) is 21.9. The third kappa shape index (κ3) is 30.5. The fourth-order valence-electron chi connectivity index (χ4n) is 5.58. The lowest BCUT2D eigenvalue weighted by molar-refractivity contribution is -0.133. The molecule has 0 aromatic heterocycles. The lowest BCUT2D eigenvalue weighted by Crippen LogP contribution is -2.56. The smallest absolute Gasteiger partial charge is 0.246 e. The molecule has 0 saturated heterocycles. The van der Waals surface area contributed by atoms with Gasteiger partial charge in [0.2, 0.25) is 47.3 Å². The normalized spacial score (nSPS) is 12.6. The number of amides is 8. The molecule has 0 aliphatic rings. The average Bonchev–Trinajstić information content (AvgIpc) is 3.23. The number of unbranched alkanes of at least 4 members (excludes halogenated alkanes) is 3. The van der Waals surface area contributed by atoms with Gasteiger partial charge in [0, 0.05) is 36.4 Å². The zero-order valence-corrected chi connectivity index (χ0v) is 39.0. The van der Waals surface area contributed by atoms with E-state index < -0.39 is 71.6 Å². The molecule has 8 amide bonds. The van der Waals surface area contributed by atoms with Crippen LogP contribution in [0.5, 0.6) is 0 Å². The third-order valence-electron chi connectivity index (χ3n) is 9.35. The van der Waals surface area contributed by atoms with Crippen molar-refractivity contribution in [3.05, 3.63) is 36.5 Å². The third-order valence-corrected chi connectivity index (χ3v) is 9.35. The van der Waals surface area contributed by atoms with Crippen LogP contribution in [0.4, 0.5) is 0 Å². The molecule has 5 atom stereocenters. The monoisotopic (exact) mass is 935 g/mol. The topological polar surface area (TPSA) is 442 Å². The molecule has 0 rings (SSSR count). The van der Waals surface area contributed by atoms with Crippen LogP contribution in [-0.4, -0.2) is 122 Å². The van der Waals surface area contributed by atoms with Gasteiger partial charge in [0.1, 0.15) is 30.2 Å². The Balaban J connectivity index is 0. The Bertz CT molecular complexity index is 1690. The summed E-state index contributed by atoms with van der Waals surface area (Å²) in [5.41, 5.74) is 43.9. The number of carbonyl (C=O) groups excluding carboxylic acids is 8. The quantitative estimate of drug-likeness (QED) is 0.0131. The van der Waals surface area contributed by atoms with Crippen LogP contribution < -0.4 is 77.8 Å². The summed E-state index contributed by atoms with van der Waals surface area (Å²) in [7, 11) is 0. The first kappa shape index (κ1) is 61.5. The van der Waals surface area contributed by atoms with Gasteiger partial charge in [0.25, 0.3) is 0 Å². The molecule has 0 saturated carbocycles. The first-order chi connectivity index (χ1) is 31.0. The Labute approximate surface area is 388 Å². The Kier molecular flexibility index (Phi) is 33.3. The molecule has 24 heteroatoms. The Morgan fingerprint density at radius 1 is 0.424 bits per heavy atom. The van der Waals surface area contributed by atoms with E-state index in [0.29, 0.717) is 83.0 Å². The van der Waals surface area contributed by atoms with Gasteiger partial charge < -0.3 is 77.8 Å². The second kappa shape index (κ2) is 35.7. The van der Waals surface area contributed by atoms with E-state index in [4.69, 9.17) is 45.9 Å². The number of hydrogen-bond donors (Lipinski definition) is 14. The van der Waals surface area contributed by atoms with E-state index in [9.17, 15) is 38.4 Å². The number of aliphatic imine (C=N–C) groups is 2. The highest BCUT2D eigenvalue weighted by Gasteiger charge is 2.29. The van der Waals surface area contributed by atoms with Crippen LogP contribution in [0.1, 0.15) is 104 Å². The standard InChI is InChI=1S/C26H47N7O5.C16H31N9O3/c1-17(2)23(35)30-16-10-7-11-19(22(29)34)31-25(37)21(13-6-9-15-28)33-26(38)20(12-5-8-14-27)32-24(36)18(3)4;1-9(2)13(27)25-11(6-4-8-23-16(20)21)14(28)24-10(12(17)26)5-3-7-22-15(18)19/h19-21H,1,3,5-16,27-28H2,2,4H3,(H2,29,34)(H,30,35)(H,31,37)(H,32,36)(H,33,38);10-11H,1,3-8H2,2H3,(H2,17,26)(H,24,28)(H,25,27)(H4,18,19,22)(H4,20,21,23). The second-order valence-corrected chi connectivity index (χ2v) is 15.6. The van der Waals surface area contributed by atoms with E-state index in [0.717, 1.165) is 0 Å². The molecule has 24 nitrogen and oxygen atoms in total. The van der Waals surface area contributed by atoms with Gasteiger partial charge in [-0.25, -0.2) is 0 Å². The van der Waals surface area contributed by atoms with E-state index in [2.05, 4.69) is 61.6 Å². The summed E-state index contributed by atoms with van der Waals surface area (Å²) in [6.45, 7) is 17.2. The van der Waals surface area contributed by atoms with Crippen molar-refractivity contribution in [2.45, 2.75) is 134 Å².